The molecular formula is C31H29Cl2N3O2S. The van der Waals surface area contributed by atoms with Crippen LogP contribution in [-0.4, -0.2) is 41.5 Å². The molecule has 8 heteroatoms. The molecule has 0 bridgehead atoms. The molecule has 1 saturated carbocycles. The monoisotopic (exact) mass is 577 g/mol. The molecule has 1 amide bonds. The quantitative estimate of drug-likeness (QED) is 0.208. The van der Waals surface area contributed by atoms with Crippen molar-refractivity contribution in [3.63, 3.8) is 0 Å². The minimum absolute atomic E-state index is 0.0509. The van der Waals surface area contributed by atoms with Gasteiger partial charge in [-0.25, -0.2) is 4.42 Å². The number of hydrogen-bond acceptors (Lipinski definition) is 5. The lowest BCUT2D eigenvalue weighted by Gasteiger charge is -2.38. The fourth-order valence-corrected chi connectivity index (χ4v) is 7.04. The third kappa shape index (κ3) is 5.78. The van der Waals surface area contributed by atoms with Gasteiger partial charge in [-0.05, 0) is 78.9 Å². The SMILES string of the molecule is COc1ccc(-c2ccc(C#N)cc2)cc1CN(C(=O)c1sc2ccccc2c1Cl)C1CCC(N(C)Cl)CC1. The Kier molecular flexibility index (Phi) is 8.44. The molecule has 0 saturated heterocycles. The summed E-state index contributed by atoms with van der Waals surface area (Å²) in [5.74, 6) is 0.663. The lowest BCUT2D eigenvalue weighted by Crippen LogP contribution is -2.44. The number of nitriles is 1. The molecule has 200 valence electrons. The van der Waals surface area contributed by atoms with Crippen molar-refractivity contribution < 1.29 is 9.53 Å². The zero-order chi connectivity index (χ0) is 27.5. The van der Waals surface area contributed by atoms with Crippen molar-refractivity contribution in [3.05, 3.63) is 87.8 Å². The first-order valence-electron chi connectivity index (χ1n) is 12.9. The van der Waals surface area contributed by atoms with Crippen LogP contribution in [0.2, 0.25) is 5.02 Å². The van der Waals surface area contributed by atoms with Crippen molar-refractivity contribution in [1.82, 2.24) is 9.32 Å². The summed E-state index contributed by atoms with van der Waals surface area (Å²) in [6.45, 7) is 0.392. The molecule has 0 aliphatic heterocycles. The van der Waals surface area contributed by atoms with Crippen LogP contribution in [0.3, 0.4) is 0 Å². The molecule has 0 N–H and O–H groups in total. The van der Waals surface area contributed by atoms with E-state index in [1.807, 2.05) is 72.6 Å². The Bertz CT molecular complexity index is 1520. The molecule has 1 fully saturated rings. The predicted molar refractivity (Wildman–Crippen MR) is 160 cm³/mol. The fraction of sp³-hybridized carbons (Fsp3) is 0.290. The number of methoxy groups -OCH3 is 1. The molecule has 39 heavy (non-hydrogen) atoms. The van der Waals surface area contributed by atoms with E-state index in [0.717, 1.165) is 58.2 Å². The summed E-state index contributed by atoms with van der Waals surface area (Å²) in [5, 5.41) is 10.6. The zero-order valence-corrected chi connectivity index (χ0v) is 24.2. The second-order valence-electron chi connectivity index (χ2n) is 9.88. The van der Waals surface area contributed by atoms with Crippen LogP contribution >= 0.6 is 34.7 Å². The van der Waals surface area contributed by atoms with Crippen LogP contribution in [0.4, 0.5) is 0 Å². The van der Waals surface area contributed by atoms with Gasteiger partial charge in [0.15, 0.2) is 0 Å². The van der Waals surface area contributed by atoms with Gasteiger partial charge in [0.1, 0.15) is 10.6 Å². The molecule has 0 unspecified atom stereocenters. The minimum Gasteiger partial charge on any atom is -0.496 e. The van der Waals surface area contributed by atoms with Gasteiger partial charge in [0, 0.05) is 41.3 Å². The molecular weight excluding hydrogens is 549 g/mol. The van der Waals surface area contributed by atoms with Crippen LogP contribution in [0, 0.1) is 11.3 Å². The van der Waals surface area contributed by atoms with E-state index in [1.54, 1.807) is 11.5 Å². The van der Waals surface area contributed by atoms with Gasteiger partial charge in [-0.2, -0.15) is 5.26 Å². The highest BCUT2D eigenvalue weighted by molar-refractivity contribution is 7.21. The van der Waals surface area contributed by atoms with Gasteiger partial charge in [-0.1, -0.05) is 48.0 Å². The normalized spacial score (nSPS) is 17.2. The Labute approximate surface area is 243 Å². The van der Waals surface area contributed by atoms with Crippen molar-refractivity contribution in [2.75, 3.05) is 14.2 Å². The number of hydrogen-bond donors (Lipinski definition) is 0. The highest BCUT2D eigenvalue weighted by atomic mass is 35.5. The largest absolute Gasteiger partial charge is 0.496 e. The van der Waals surface area contributed by atoms with E-state index in [1.165, 1.54) is 11.3 Å². The number of nitrogens with zero attached hydrogens (tertiary/aromatic N) is 3. The van der Waals surface area contributed by atoms with Crippen LogP contribution in [0.5, 0.6) is 5.75 Å². The predicted octanol–water partition coefficient (Wildman–Crippen LogP) is 8.14. The van der Waals surface area contributed by atoms with Crippen LogP contribution < -0.4 is 4.74 Å². The minimum atomic E-state index is -0.0605. The standard InChI is InChI=1S/C31H29Cl2N3O2S/c1-35(33)24-12-14-25(15-13-24)36(31(37)30-29(32)26-5-3-4-6-28(26)39-30)19-23-17-22(11-16-27(23)38-2)21-9-7-20(18-34)8-10-21/h3-11,16-17,24-25H,12-15,19H2,1-2H3. The van der Waals surface area contributed by atoms with Gasteiger partial charge in [-0.3, -0.25) is 4.79 Å². The first kappa shape index (κ1) is 27.5. The zero-order valence-electron chi connectivity index (χ0n) is 21.9. The Morgan fingerprint density at radius 1 is 1.03 bits per heavy atom. The highest BCUT2D eigenvalue weighted by Gasteiger charge is 2.33. The van der Waals surface area contributed by atoms with Gasteiger partial charge in [0.05, 0.1) is 23.8 Å². The van der Waals surface area contributed by atoms with E-state index in [2.05, 4.69) is 12.1 Å². The Morgan fingerprint density at radius 2 is 1.69 bits per heavy atom. The highest BCUT2D eigenvalue weighted by Crippen LogP contribution is 2.38. The van der Waals surface area contributed by atoms with E-state index in [-0.39, 0.29) is 11.9 Å². The number of rotatable bonds is 7. The lowest BCUT2D eigenvalue weighted by molar-refractivity contribution is 0.0589. The molecule has 0 radical (unpaired) electrons. The summed E-state index contributed by atoms with van der Waals surface area (Å²) in [6, 6.07) is 23.9. The van der Waals surface area contributed by atoms with Gasteiger partial charge >= 0.3 is 0 Å². The fourth-order valence-electron chi connectivity index (χ4n) is 5.38. The maximum Gasteiger partial charge on any atom is 0.266 e. The third-order valence-electron chi connectivity index (χ3n) is 7.57. The van der Waals surface area contributed by atoms with Gasteiger partial charge in [0.2, 0.25) is 0 Å². The lowest BCUT2D eigenvalue weighted by atomic mass is 9.89. The molecule has 0 atom stereocenters. The molecule has 1 aliphatic rings. The maximum atomic E-state index is 14.2. The summed E-state index contributed by atoms with van der Waals surface area (Å²) in [4.78, 5) is 16.8. The van der Waals surface area contributed by atoms with Crippen LogP contribution in [0.1, 0.15) is 46.5 Å². The summed E-state index contributed by atoms with van der Waals surface area (Å²) in [6.07, 6.45) is 3.54. The molecule has 1 aliphatic carbocycles. The summed E-state index contributed by atoms with van der Waals surface area (Å²) < 4.78 is 8.50. The smallest absolute Gasteiger partial charge is 0.266 e. The van der Waals surface area contributed by atoms with E-state index >= 15 is 0 Å². The average Bonchev–Trinajstić information content (AvgIpc) is 3.32. The first-order valence-corrected chi connectivity index (χ1v) is 14.5. The molecule has 4 aromatic rings. The number of halogens is 2. The summed E-state index contributed by atoms with van der Waals surface area (Å²) in [7, 11) is 3.54. The Hall–Kier alpha value is -3.08. The van der Waals surface area contributed by atoms with Gasteiger partial charge in [0.25, 0.3) is 5.91 Å². The van der Waals surface area contributed by atoms with Crippen molar-refractivity contribution in [3.8, 4) is 22.9 Å². The topological polar surface area (TPSA) is 56.6 Å². The molecule has 5 rings (SSSR count). The number of benzene rings is 3. The third-order valence-corrected chi connectivity index (χ3v) is 9.51. The molecule has 5 nitrogen and oxygen atoms in total. The molecule has 0 spiro atoms. The first-order chi connectivity index (χ1) is 18.9. The van der Waals surface area contributed by atoms with E-state index < -0.39 is 0 Å². The van der Waals surface area contributed by atoms with Crippen molar-refractivity contribution in [1.29, 1.82) is 5.26 Å². The Morgan fingerprint density at radius 3 is 2.33 bits per heavy atom. The van der Waals surface area contributed by atoms with Crippen LogP contribution in [0.25, 0.3) is 21.2 Å². The van der Waals surface area contributed by atoms with E-state index in [4.69, 9.17) is 28.1 Å². The Balaban J connectivity index is 1.52. The van der Waals surface area contributed by atoms with Crippen molar-refractivity contribution in [2.24, 2.45) is 0 Å². The van der Waals surface area contributed by atoms with Crippen molar-refractivity contribution in [2.45, 2.75) is 44.3 Å². The molecule has 1 heterocycles. The van der Waals surface area contributed by atoms with Gasteiger partial charge < -0.3 is 9.64 Å². The maximum absolute atomic E-state index is 14.2. The second-order valence-corrected chi connectivity index (χ2v) is 11.8. The number of carbonyl (C=O) groups is 1. The van der Waals surface area contributed by atoms with Gasteiger partial charge in [-0.15, -0.1) is 11.3 Å². The van der Waals surface area contributed by atoms with E-state index in [0.29, 0.717) is 28.0 Å². The molecule has 3 aromatic carbocycles. The average molecular weight is 579 g/mol. The number of ether oxygens (including phenoxy) is 1. The summed E-state index contributed by atoms with van der Waals surface area (Å²) >= 11 is 14.5. The van der Waals surface area contributed by atoms with Crippen LogP contribution in [0.15, 0.2) is 66.7 Å². The number of fused-ring (bicyclic) bond motifs is 1. The van der Waals surface area contributed by atoms with Crippen molar-refractivity contribution >= 4 is 50.7 Å². The number of thiophene rings is 1. The van der Waals surface area contributed by atoms with Crippen LogP contribution in [-0.2, 0) is 6.54 Å². The second kappa shape index (κ2) is 12.0. The molecule has 1 aromatic heterocycles. The van der Waals surface area contributed by atoms with E-state index in [9.17, 15) is 10.1 Å². The number of carbonyl (C=O) groups excluding carboxylic acids is 1. The number of amides is 1. The summed E-state index contributed by atoms with van der Waals surface area (Å²) in [5.41, 5.74) is 3.52.